The van der Waals surface area contributed by atoms with Crippen LogP contribution in [-0.2, 0) is 0 Å². The first kappa shape index (κ1) is 12.3. The second-order valence-electron chi connectivity index (χ2n) is 4.75. The van der Waals surface area contributed by atoms with Crippen molar-refractivity contribution < 1.29 is 4.39 Å². The number of aromatic nitrogens is 1. The maximum Gasteiger partial charge on any atom is 0.143 e. The monoisotopic (exact) mass is 237 g/mol. The summed E-state index contributed by atoms with van der Waals surface area (Å²) in [6.07, 6.45) is 4.15. The van der Waals surface area contributed by atoms with Crippen LogP contribution in [0.1, 0.15) is 20.3 Å². The van der Waals surface area contributed by atoms with Gasteiger partial charge in [0.25, 0.3) is 0 Å². The summed E-state index contributed by atoms with van der Waals surface area (Å²) >= 11 is 0. The van der Waals surface area contributed by atoms with Gasteiger partial charge < -0.3 is 10.2 Å². The fourth-order valence-corrected chi connectivity index (χ4v) is 2.25. The van der Waals surface area contributed by atoms with Crippen LogP contribution in [0, 0.1) is 11.7 Å². The molecule has 2 heterocycles. The quantitative estimate of drug-likeness (QED) is 0.872. The molecule has 1 aliphatic rings. The van der Waals surface area contributed by atoms with Crippen molar-refractivity contribution in [2.24, 2.45) is 5.92 Å². The summed E-state index contributed by atoms with van der Waals surface area (Å²) in [6, 6.07) is 2.04. The summed E-state index contributed by atoms with van der Waals surface area (Å²) in [6.45, 7) is 7.25. The van der Waals surface area contributed by atoms with Gasteiger partial charge in [0.2, 0.25) is 0 Å². The number of nitrogens with zero attached hydrogens (tertiary/aromatic N) is 2. The second-order valence-corrected chi connectivity index (χ2v) is 4.75. The maximum atomic E-state index is 13.1. The number of halogens is 1. The van der Waals surface area contributed by atoms with Crippen LogP contribution in [0.5, 0.6) is 0 Å². The Morgan fingerprint density at radius 3 is 3.12 bits per heavy atom. The molecule has 0 spiro atoms. The summed E-state index contributed by atoms with van der Waals surface area (Å²) < 4.78 is 13.1. The van der Waals surface area contributed by atoms with Gasteiger partial charge in [-0.2, -0.15) is 0 Å². The zero-order valence-corrected chi connectivity index (χ0v) is 10.5. The summed E-state index contributed by atoms with van der Waals surface area (Å²) in [7, 11) is 0. The standard InChI is InChI=1S/C13H20FN3/c1-3-10(2)13-9-17(5-4-16-13)12-6-11(14)7-15-8-12/h6-8,10,13,16H,3-5,9H2,1-2H3. The SMILES string of the molecule is CCC(C)C1CN(c2cncc(F)c2)CCN1. The lowest BCUT2D eigenvalue weighted by molar-refractivity contribution is 0.341. The van der Waals surface area contributed by atoms with E-state index in [0.717, 1.165) is 31.7 Å². The topological polar surface area (TPSA) is 28.2 Å². The van der Waals surface area contributed by atoms with Crippen LogP contribution >= 0.6 is 0 Å². The number of pyridine rings is 1. The highest BCUT2D eigenvalue weighted by Crippen LogP contribution is 2.19. The Balaban J connectivity index is 2.07. The molecule has 1 aromatic heterocycles. The van der Waals surface area contributed by atoms with Crippen molar-refractivity contribution in [2.75, 3.05) is 24.5 Å². The van der Waals surface area contributed by atoms with Crippen molar-refractivity contribution in [3.8, 4) is 0 Å². The van der Waals surface area contributed by atoms with Crippen molar-refractivity contribution in [3.05, 3.63) is 24.3 Å². The molecule has 0 bridgehead atoms. The van der Waals surface area contributed by atoms with Gasteiger partial charge in [0.05, 0.1) is 18.1 Å². The van der Waals surface area contributed by atoms with E-state index in [1.807, 2.05) is 0 Å². The van der Waals surface area contributed by atoms with E-state index in [9.17, 15) is 4.39 Å². The first-order valence-corrected chi connectivity index (χ1v) is 6.29. The Bertz CT molecular complexity index is 369. The minimum Gasteiger partial charge on any atom is -0.367 e. The second kappa shape index (κ2) is 5.45. The molecule has 0 radical (unpaired) electrons. The number of rotatable bonds is 3. The van der Waals surface area contributed by atoms with Crippen molar-refractivity contribution in [3.63, 3.8) is 0 Å². The minimum absolute atomic E-state index is 0.263. The van der Waals surface area contributed by atoms with Gasteiger partial charge >= 0.3 is 0 Å². The van der Waals surface area contributed by atoms with E-state index in [2.05, 4.69) is 29.0 Å². The molecule has 1 aromatic rings. The highest BCUT2D eigenvalue weighted by atomic mass is 19.1. The van der Waals surface area contributed by atoms with Gasteiger partial charge in [0.15, 0.2) is 0 Å². The van der Waals surface area contributed by atoms with Crippen molar-refractivity contribution >= 4 is 5.69 Å². The summed E-state index contributed by atoms with van der Waals surface area (Å²) in [4.78, 5) is 6.12. The van der Waals surface area contributed by atoms with Gasteiger partial charge in [-0.3, -0.25) is 4.98 Å². The average molecular weight is 237 g/mol. The Kier molecular flexibility index (Phi) is 3.94. The molecular weight excluding hydrogens is 217 g/mol. The Morgan fingerprint density at radius 1 is 1.59 bits per heavy atom. The third-order valence-electron chi connectivity index (χ3n) is 3.59. The van der Waals surface area contributed by atoms with E-state index >= 15 is 0 Å². The van der Waals surface area contributed by atoms with E-state index in [1.54, 1.807) is 12.3 Å². The lowest BCUT2D eigenvalue weighted by atomic mass is 9.97. The predicted octanol–water partition coefficient (Wildman–Crippen LogP) is 2.04. The van der Waals surface area contributed by atoms with Gasteiger partial charge in [-0.25, -0.2) is 4.39 Å². The van der Waals surface area contributed by atoms with Crippen LogP contribution < -0.4 is 10.2 Å². The molecule has 0 aromatic carbocycles. The van der Waals surface area contributed by atoms with E-state index in [4.69, 9.17) is 0 Å². The zero-order chi connectivity index (χ0) is 12.3. The number of piperazine rings is 1. The number of nitrogens with one attached hydrogen (secondary N) is 1. The van der Waals surface area contributed by atoms with Crippen LogP contribution in [0.4, 0.5) is 10.1 Å². The van der Waals surface area contributed by atoms with Crippen LogP contribution in [0.2, 0.25) is 0 Å². The molecule has 0 amide bonds. The Hall–Kier alpha value is -1.16. The molecule has 0 saturated carbocycles. The van der Waals surface area contributed by atoms with Crippen molar-refractivity contribution in [1.29, 1.82) is 0 Å². The molecule has 94 valence electrons. The van der Waals surface area contributed by atoms with Crippen LogP contribution in [0.15, 0.2) is 18.5 Å². The smallest absolute Gasteiger partial charge is 0.143 e. The fourth-order valence-electron chi connectivity index (χ4n) is 2.25. The molecule has 2 unspecified atom stereocenters. The van der Waals surface area contributed by atoms with Gasteiger partial charge in [0.1, 0.15) is 5.82 Å². The van der Waals surface area contributed by atoms with E-state index in [-0.39, 0.29) is 5.82 Å². The molecular formula is C13H20FN3. The molecule has 1 N–H and O–H groups in total. The highest BCUT2D eigenvalue weighted by Gasteiger charge is 2.23. The molecule has 4 heteroatoms. The largest absolute Gasteiger partial charge is 0.367 e. The number of hydrogen-bond donors (Lipinski definition) is 1. The van der Waals surface area contributed by atoms with E-state index in [1.165, 1.54) is 6.20 Å². The Morgan fingerprint density at radius 2 is 2.41 bits per heavy atom. The third kappa shape index (κ3) is 2.94. The average Bonchev–Trinajstić information content (AvgIpc) is 2.38. The molecule has 0 aliphatic carbocycles. The first-order valence-electron chi connectivity index (χ1n) is 6.29. The zero-order valence-electron chi connectivity index (χ0n) is 10.5. The summed E-state index contributed by atoms with van der Waals surface area (Å²) in [5.41, 5.74) is 0.889. The van der Waals surface area contributed by atoms with Crippen LogP contribution in [0.3, 0.4) is 0 Å². The maximum absolute atomic E-state index is 13.1. The molecule has 1 saturated heterocycles. The van der Waals surface area contributed by atoms with Gasteiger partial charge in [-0.1, -0.05) is 20.3 Å². The third-order valence-corrected chi connectivity index (χ3v) is 3.59. The van der Waals surface area contributed by atoms with E-state index in [0.29, 0.717) is 12.0 Å². The molecule has 1 aliphatic heterocycles. The minimum atomic E-state index is -0.263. The Labute approximate surface area is 102 Å². The molecule has 17 heavy (non-hydrogen) atoms. The van der Waals surface area contributed by atoms with Crippen molar-refractivity contribution in [1.82, 2.24) is 10.3 Å². The van der Waals surface area contributed by atoms with Gasteiger partial charge in [0, 0.05) is 31.7 Å². The number of hydrogen-bond acceptors (Lipinski definition) is 3. The summed E-state index contributed by atoms with van der Waals surface area (Å²) in [5, 5.41) is 3.53. The highest BCUT2D eigenvalue weighted by molar-refractivity contribution is 5.44. The summed E-state index contributed by atoms with van der Waals surface area (Å²) in [5.74, 6) is 0.375. The first-order chi connectivity index (χ1) is 8.20. The number of anilines is 1. The lowest BCUT2D eigenvalue weighted by Gasteiger charge is -2.37. The van der Waals surface area contributed by atoms with Gasteiger partial charge in [-0.15, -0.1) is 0 Å². The molecule has 2 atom stereocenters. The van der Waals surface area contributed by atoms with Crippen LogP contribution in [0.25, 0.3) is 0 Å². The van der Waals surface area contributed by atoms with E-state index < -0.39 is 0 Å². The molecule has 2 rings (SSSR count). The fraction of sp³-hybridized carbons (Fsp3) is 0.615. The van der Waals surface area contributed by atoms with Gasteiger partial charge in [-0.05, 0) is 5.92 Å². The van der Waals surface area contributed by atoms with Crippen molar-refractivity contribution in [2.45, 2.75) is 26.3 Å². The van der Waals surface area contributed by atoms with Crippen LogP contribution in [-0.4, -0.2) is 30.7 Å². The predicted molar refractivity (Wildman–Crippen MR) is 67.7 cm³/mol. The molecule has 1 fully saturated rings. The lowest BCUT2D eigenvalue weighted by Crippen LogP contribution is -2.53. The molecule has 3 nitrogen and oxygen atoms in total. The normalized spacial score (nSPS) is 22.5.